The quantitative estimate of drug-likeness (QED) is 0.396. The number of hydrogen-bond acceptors (Lipinski definition) is 6. The van der Waals surface area contributed by atoms with Crippen LogP contribution < -0.4 is 5.32 Å². The lowest BCUT2D eigenvalue weighted by atomic mass is 10.1. The van der Waals surface area contributed by atoms with Crippen molar-refractivity contribution in [3.63, 3.8) is 0 Å². The topological polar surface area (TPSA) is 92.9 Å². The second-order valence-electron chi connectivity index (χ2n) is 8.00. The van der Waals surface area contributed by atoms with Crippen LogP contribution >= 0.6 is 11.6 Å². The summed E-state index contributed by atoms with van der Waals surface area (Å²) < 4.78 is 54.7. The van der Waals surface area contributed by atoms with Crippen LogP contribution in [0.1, 0.15) is 33.6 Å². The highest BCUT2D eigenvalue weighted by atomic mass is 35.5. The number of anilines is 1. The van der Waals surface area contributed by atoms with E-state index >= 15 is 0 Å². The van der Waals surface area contributed by atoms with Crippen LogP contribution in [-0.4, -0.2) is 49.0 Å². The molecule has 7 nitrogen and oxygen atoms in total. The van der Waals surface area contributed by atoms with Crippen LogP contribution in [0.15, 0.2) is 43.0 Å². The zero-order valence-electron chi connectivity index (χ0n) is 17.5. The van der Waals surface area contributed by atoms with Gasteiger partial charge in [0, 0.05) is 17.4 Å². The van der Waals surface area contributed by atoms with Crippen LogP contribution in [-0.2, 0) is 12.7 Å². The minimum atomic E-state index is -4.52. The Hall–Kier alpha value is -3.05. The van der Waals surface area contributed by atoms with Crippen molar-refractivity contribution in [2.45, 2.75) is 37.5 Å². The van der Waals surface area contributed by atoms with Gasteiger partial charge in [0.15, 0.2) is 0 Å². The molecule has 4 atom stereocenters. The van der Waals surface area contributed by atoms with Gasteiger partial charge in [0.05, 0.1) is 29.8 Å². The normalized spacial score (nSPS) is 22.7. The first kappa shape index (κ1) is 24.1. The molecular formula is C22H19ClF4N5O2. The highest BCUT2D eigenvalue weighted by molar-refractivity contribution is 6.31. The fraction of sp³-hybridized carbons (Fsp3) is 0.318. The van der Waals surface area contributed by atoms with E-state index in [1.807, 2.05) is 0 Å². The van der Waals surface area contributed by atoms with E-state index in [0.29, 0.717) is 0 Å². The summed E-state index contributed by atoms with van der Waals surface area (Å²) in [5, 5.41) is 16.9. The van der Waals surface area contributed by atoms with Gasteiger partial charge in [-0.25, -0.2) is 14.4 Å². The predicted molar refractivity (Wildman–Crippen MR) is 115 cm³/mol. The van der Waals surface area contributed by atoms with Crippen LogP contribution in [0.2, 0.25) is 5.02 Å². The molecule has 34 heavy (non-hydrogen) atoms. The number of alkyl halides is 4. The lowest BCUT2D eigenvalue weighted by Gasteiger charge is -2.18. The molecule has 4 rings (SSSR count). The van der Waals surface area contributed by atoms with Crippen LogP contribution in [0.5, 0.6) is 0 Å². The first-order valence-electron chi connectivity index (χ1n) is 10.2. The fourth-order valence-electron chi connectivity index (χ4n) is 3.77. The van der Waals surface area contributed by atoms with Crippen molar-refractivity contribution in [2.24, 2.45) is 5.92 Å². The number of ketones is 1. The van der Waals surface area contributed by atoms with Crippen LogP contribution in [0.25, 0.3) is 0 Å². The average Bonchev–Trinajstić information content (AvgIpc) is 3.35. The first-order valence-corrected chi connectivity index (χ1v) is 10.6. The molecule has 1 radical (unpaired) electrons. The van der Waals surface area contributed by atoms with E-state index in [1.165, 1.54) is 29.5 Å². The number of aliphatic hydroxyl groups is 1. The molecular weight excluding hydrogens is 478 g/mol. The van der Waals surface area contributed by atoms with Gasteiger partial charge in [0.2, 0.25) is 5.78 Å². The molecule has 2 N–H and O–H groups in total. The van der Waals surface area contributed by atoms with Gasteiger partial charge >= 0.3 is 6.18 Å². The minimum absolute atomic E-state index is 0.0146. The van der Waals surface area contributed by atoms with Gasteiger partial charge < -0.3 is 10.4 Å². The number of nitrogens with one attached hydrogen (secondary N) is 1. The van der Waals surface area contributed by atoms with Crippen LogP contribution in [0, 0.1) is 12.8 Å². The Morgan fingerprint density at radius 3 is 2.76 bits per heavy atom. The third-order valence-electron chi connectivity index (χ3n) is 5.61. The Balaban J connectivity index is 1.54. The minimum Gasteiger partial charge on any atom is -0.390 e. The zero-order valence-corrected chi connectivity index (χ0v) is 18.3. The first-order chi connectivity index (χ1) is 16.0. The average molecular weight is 497 g/mol. The molecule has 1 aliphatic rings. The van der Waals surface area contributed by atoms with Crippen molar-refractivity contribution in [1.29, 1.82) is 0 Å². The van der Waals surface area contributed by atoms with Gasteiger partial charge in [-0.05, 0) is 49.1 Å². The number of aliphatic hydroxyl groups excluding tert-OH is 1. The lowest BCUT2D eigenvalue weighted by molar-refractivity contribution is -0.137. The van der Waals surface area contributed by atoms with Crippen molar-refractivity contribution in [3.8, 4) is 0 Å². The Labute approximate surface area is 196 Å². The maximum absolute atomic E-state index is 14.3. The summed E-state index contributed by atoms with van der Waals surface area (Å²) >= 11 is 6.04. The smallest absolute Gasteiger partial charge is 0.390 e. The summed E-state index contributed by atoms with van der Waals surface area (Å²) in [7, 11) is 0. The molecule has 3 aromatic rings. The Morgan fingerprint density at radius 1 is 1.32 bits per heavy atom. The van der Waals surface area contributed by atoms with Gasteiger partial charge in [0.25, 0.3) is 0 Å². The van der Waals surface area contributed by atoms with Crippen molar-refractivity contribution >= 4 is 23.2 Å². The molecule has 0 saturated heterocycles. The molecule has 12 heteroatoms. The number of aromatic nitrogens is 4. The number of carbonyl (C=O) groups excluding carboxylic acids is 1. The van der Waals surface area contributed by atoms with Gasteiger partial charge in [-0.15, -0.1) is 0 Å². The van der Waals surface area contributed by atoms with E-state index in [0.717, 1.165) is 18.2 Å². The molecule has 0 spiro atoms. The maximum Gasteiger partial charge on any atom is 0.416 e. The van der Waals surface area contributed by atoms with Crippen molar-refractivity contribution in [3.05, 3.63) is 77.3 Å². The Morgan fingerprint density at radius 2 is 2.09 bits per heavy atom. The Kier molecular flexibility index (Phi) is 6.59. The number of carbonyl (C=O) groups is 1. The number of nitrogens with zero attached hydrogens (tertiary/aromatic N) is 4. The van der Waals surface area contributed by atoms with Crippen molar-refractivity contribution in [2.75, 3.05) is 5.32 Å². The monoisotopic (exact) mass is 496 g/mol. The standard InChI is InChI=1S/C22H19ClF4N5O2/c1-11-6-17(18(24)19(11)33)30-21-14(8-28-10-29-21)20(34)16-4-5-32(31-16)9-12-7-13(22(25,26)27)2-3-15(12)23/h2-5,7-8,10-11,17-19,33H,1,6,9H2,(H,28,29,30)/t11-,17-,18-,19-/m1/s1. The molecule has 0 aliphatic heterocycles. The third-order valence-corrected chi connectivity index (χ3v) is 5.98. The van der Waals surface area contributed by atoms with Gasteiger partial charge in [-0.2, -0.15) is 18.3 Å². The summed E-state index contributed by atoms with van der Waals surface area (Å²) in [5.74, 6) is -1.01. The van der Waals surface area contributed by atoms with Crippen molar-refractivity contribution in [1.82, 2.24) is 19.7 Å². The van der Waals surface area contributed by atoms with Gasteiger partial charge in [0.1, 0.15) is 24.0 Å². The van der Waals surface area contributed by atoms with E-state index in [1.54, 1.807) is 0 Å². The molecule has 0 bridgehead atoms. The summed E-state index contributed by atoms with van der Waals surface area (Å²) in [4.78, 5) is 20.9. The molecule has 179 valence electrons. The second-order valence-corrected chi connectivity index (χ2v) is 8.41. The summed E-state index contributed by atoms with van der Waals surface area (Å²) in [6.07, 6.45) is -3.23. The van der Waals surface area contributed by atoms with Gasteiger partial charge in [-0.3, -0.25) is 9.48 Å². The molecule has 1 saturated carbocycles. The SMILES string of the molecule is [CH2][C@@H]1C[C@@H](Nc2ncncc2C(=O)c2ccn(Cc3cc(C(F)(F)F)ccc3Cl)n2)[C@@H](F)[C@@H]1O. The lowest BCUT2D eigenvalue weighted by Crippen LogP contribution is -2.32. The number of benzene rings is 1. The van der Waals surface area contributed by atoms with E-state index in [2.05, 4.69) is 27.3 Å². The molecule has 0 amide bonds. The van der Waals surface area contributed by atoms with Crippen LogP contribution in [0.4, 0.5) is 23.4 Å². The van der Waals surface area contributed by atoms with E-state index < -0.39 is 41.8 Å². The summed E-state index contributed by atoms with van der Waals surface area (Å²) in [5.41, 5.74) is -0.654. The maximum atomic E-state index is 14.3. The Bertz CT molecular complexity index is 1200. The van der Waals surface area contributed by atoms with Crippen LogP contribution in [0.3, 0.4) is 0 Å². The molecule has 1 aromatic carbocycles. The van der Waals surface area contributed by atoms with E-state index in [9.17, 15) is 27.5 Å². The zero-order chi connectivity index (χ0) is 24.6. The fourth-order valence-corrected chi connectivity index (χ4v) is 3.95. The predicted octanol–water partition coefficient (Wildman–Crippen LogP) is 3.96. The molecule has 1 aliphatic carbocycles. The molecule has 0 unspecified atom stereocenters. The van der Waals surface area contributed by atoms with Crippen molar-refractivity contribution < 1.29 is 27.5 Å². The third kappa shape index (κ3) is 4.90. The highest BCUT2D eigenvalue weighted by Crippen LogP contribution is 2.33. The van der Waals surface area contributed by atoms with Gasteiger partial charge in [-0.1, -0.05) is 11.6 Å². The second kappa shape index (κ2) is 9.30. The highest BCUT2D eigenvalue weighted by Gasteiger charge is 2.41. The summed E-state index contributed by atoms with van der Waals surface area (Å²) in [6.45, 7) is 3.62. The van der Waals surface area contributed by atoms with E-state index in [4.69, 9.17) is 11.6 Å². The number of halogens is 5. The largest absolute Gasteiger partial charge is 0.416 e. The molecule has 2 aromatic heterocycles. The molecule has 2 heterocycles. The number of hydrogen-bond donors (Lipinski definition) is 2. The number of rotatable bonds is 6. The van der Waals surface area contributed by atoms with E-state index in [-0.39, 0.29) is 40.6 Å². The molecule has 1 fully saturated rings. The summed E-state index contributed by atoms with van der Waals surface area (Å²) in [6, 6.07) is 3.57.